The summed E-state index contributed by atoms with van der Waals surface area (Å²) in [6.45, 7) is 2.31. The molecule has 2 N–H and O–H groups in total. The molecule has 4 nitrogen and oxygen atoms in total. The fourth-order valence-electron chi connectivity index (χ4n) is 2.71. The highest BCUT2D eigenvalue weighted by Gasteiger charge is 2.17. The summed E-state index contributed by atoms with van der Waals surface area (Å²) in [6, 6.07) is 14.4. The zero-order valence-corrected chi connectivity index (χ0v) is 14.2. The van der Waals surface area contributed by atoms with E-state index in [-0.39, 0.29) is 9.92 Å². The van der Waals surface area contributed by atoms with Crippen LogP contribution in [0.3, 0.4) is 0 Å². The molecule has 0 fully saturated rings. The van der Waals surface area contributed by atoms with Gasteiger partial charge in [-0.05, 0) is 37.1 Å². The summed E-state index contributed by atoms with van der Waals surface area (Å²) in [5.41, 5.74) is 3.25. The van der Waals surface area contributed by atoms with E-state index in [0.29, 0.717) is 13.0 Å². The van der Waals surface area contributed by atoms with E-state index in [1.807, 2.05) is 31.2 Å². The molecule has 1 aromatic heterocycles. The summed E-state index contributed by atoms with van der Waals surface area (Å²) in [5, 5.41) is 1.35. The molecule has 0 atom stereocenters. The summed E-state index contributed by atoms with van der Waals surface area (Å²) in [7, 11) is -3.60. The van der Waals surface area contributed by atoms with Crippen molar-refractivity contribution in [1.82, 2.24) is 9.71 Å². The van der Waals surface area contributed by atoms with E-state index in [9.17, 15) is 8.42 Å². The molecule has 3 aromatic rings. The summed E-state index contributed by atoms with van der Waals surface area (Å²) in [6.07, 6.45) is 0.611. The number of hydrogen-bond donors (Lipinski definition) is 2. The Labute approximate surface area is 140 Å². The second-order valence-electron chi connectivity index (χ2n) is 5.35. The van der Waals surface area contributed by atoms with E-state index >= 15 is 0 Å². The lowest BCUT2D eigenvalue weighted by atomic mass is 10.1. The molecule has 0 spiro atoms. The van der Waals surface area contributed by atoms with Crippen molar-refractivity contribution in [2.45, 2.75) is 18.2 Å². The third-order valence-electron chi connectivity index (χ3n) is 3.82. The van der Waals surface area contributed by atoms with Crippen LogP contribution in [0.5, 0.6) is 0 Å². The van der Waals surface area contributed by atoms with Crippen LogP contribution in [-0.4, -0.2) is 19.9 Å². The van der Waals surface area contributed by atoms with Crippen LogP contribution in [0, 0.1) is 6.92 Å². The maximum absolute atomic E-state index is 12.3. The van der Waals surface area contributed by atoms with Gasteiger partial charge in [-0.1, -0.05) is 41.9 Å². The zero-order valence-electron chi connectivity index (χ0n) is 12.6. The highest BCUT2D eigenvalue weighted by atomic mass is 35.5. The molecule has 3 rings (SSSR count). The minimum Gasteiger partial charge on any atom is -0.358 e. The molecule has 0 saturated carbocycles. The number of nitrogens with one attached hydrogen (secondary N) is 2. The van der Waals surface area contributed by atoms with Crippen LogP contribution < -0.4 is 4.72 Å². The second kappa shape index (κ2) is 6.35. The number of aromatic nitrogens is 1. The molecule has 0 radical (unpaired) electrons. The number of aromatic amines is 1. The summed E-state index contributed by atoms with van der Waals surface area (Å²) in [5.74, 6) is 0. The Morgan fingerprint density at radius 2 is 1.78 bits per heavy atom. The van der Waals surface area contributed by atoms with Gasteiger partial charge in [0.2, 0.25) is 10.0 Å². The number of rotatable bonds is 5. The van der Waals surface area contributed by atoms with Crippen molar-refractivity contribution in [3.63, 3.8) is 0 Å². The minimum absolute atomic E-state index is 0.109. The highest BCUT2D eigenvalue weighted by Crippen LogP contribution is 2.23. The van der Waals surface area contributed by atoms with Crippen molar-refractivity contribution in [2.75, 3.05) is 6.54 Å². The van der Waals surface area contributed by atoms with Gasteiger partial charge < -0.3 is 4.98 Å². The molecule has 120 valence electrons. The maximum atomic E-state index is 12.3. The van der Waals surface area contributed by atoms with E-state index < -0.39 is 10.0 Å². The van der Waals surface area contributed by atoms with Gasteiger partial charge in [-0.25, -0.2) is 13.1 Å². The Balaban J connectivity index is 1.76. The number of sulfonamides is 1. The van der Waals surface area contributed by atoms with E-state index in [4.69, 9.17) is 11.6 Å². The van der Waals surface area contributed by atoms with Crippen LogP contribution in [0.4, 0.5) is 0 Å². The Bertz CT molecular complexity index is 948. The third kappa shape index (κ3) is 3.27. The van der Waals surface area contributed by atoms with E-state index in [2.05, 4.69) is 9.71 Å². The number of halogens is 1. The fourth-order valence-corrected chi connectivity index (χ4v) is 4.26. The first-order valence-electron chi connectivity index (χ1n) is 7.29. The van der Waals surface area contributed by atoms with Crippen molar-refractivity contribution in [2.24, 2.45) is 0 Å². The van der Waals surface area contributed by atoms with Crippen molar-refractivity contribution in [3.8, 4) is 0 Å². The van der Waals surface area contributed by atoms with Crippen LogP contribution in [0.2, 0.25) is 5.02 Å². The molecular formula is C17H17ClN2O2S. The lowest BCUT2D eigenvalue weighted by Crippen LogP contribution is -2.26. The van der Waals surface area contributed by atoms with E-state index in [1.165, 1.54) is 6.07 Å². The van der Waals surface area contributed by atoms with Crippen molar-refractivity contribution >= 4 is 32.5 Å². The molecule has 0 aliphatic rings. The molecule has 2 aromatic carbocycles. The largest absolute Gasteiger partial charge is 0.358 e. The summed E-state index contributed by atoms with van der Waals surface area (Å²) in [4.78, 5) is 3.43. The van der Waals surface area contributed by atoms with Crippen LogP contribution in [0.15, 0.2) is 53.4 Å². The minimum atomic E-state index is -3.60. The predicted octanol–water partition coefficient (Wildman–Crippen LogP) is 3.65. The summed E-state index contributed by atoms with van der Waals surface area (Å²) >= 11 is 5.97. The molecule has 6 heteroatoms. The van der Waals surface area contributed by atoms with Crippen molar-refractivity contribution in [1.29, 1.82) is 0 Å². The predicted molar refractivity (Wildman–Crippen MR) is 93.4 cm³/mol. The smallest absolute Gasteiger partial charge is 0.242 e. The first-order chi connectivity index (χ1) is 11.0. The van der Waals surface area contributed by atoms with Crippen LogP contribution in [-0.2, 0) is 16.4 Å². The fraction of sp³-hybridized carbons (Fsp3) is 0.176. The molecule has 0 aliphatic carbocycles. The van der Waals surface area contributed by atoms with Gasteiger partial charge >= 0.3 is 0 Å². The molecule has 23 heavy (non-hydrogen) atoms. The monoisotopic (exact) mass is 348 g/mol. The topological polar surface area (TPSA) is 62.0 Å². The standard InChI is InChI=1S/C17H17ClN2O2S/c1-12-13(14-6-2-4-8-16(14)20-12)10-11-19-23(21,22)17-9-5-3-7-15(17)18/h2-9,19-20H,10-11H2,1H3. The number of benzene rings is 2. The Hall–Kier alpha value is -1.82. The van der Waals surface area contributed by atoms with Gasteiger partial charge in [0.25, 0.3) is 0 Å². The zero-order chi connectivity index (χ0) is 16.4. The Morgan fingerprint density at radius 1 is 1.09 bits per heavy atom. The third-order valence-corrected chi connectivity index (χ3v) is 5.78. The van der Waals surface area contributed by atoms with Gasteiger partial charge in [0.05, 0.1) is 5.02 Å². The van der Waals surface area contributed by atoms with Gasteiger partial charge in [0.15, 0.2) is 0 Å². The van der Waals surface area contributed by atoms with Crippen LogP contribution in [0.25, 0.3) is 10.9 Å². The van der Waals surface area contributed by atoms with Crippen molar-refractivity contribution < 1.29 is 8.42 Å². The molecular weight excluding hydrogens is 332 g/mol. The molecule has 0 unspecified atom stereocenters. The first kappa shape index (κ1) is 16.1. The average Bonchev–Trinajstić information content (AvgIpc) is 2.83. The van der Waals surface area contributed by atoms with Crippen LogP contribution in [0.1, 0.15) is 11.3 Å². The number of H-pyrrole nitrogens is 1. The number of hydrogen-bond acceptors (Lipinski definition) is 2. The van der Waals surface area contributed by atoms with Gasteiger partial charge in [0.1, 0.15) is 4.90 Å². The van der Waals surface area contributed by atoms with Gasteiger partial charge in [-0.3, -0.25) is 0 Å². The molecule has 0 saturated heterocycles. The number of fused-ring (bicyclic) bond motifs is 1. The van der Waals surface area contributed by atoms with Gasteiger partial charge in [0, 0.05) is 23.1 Å². The highest BCUT2D eigenvalue weighted by molar-refractivity contribution is 7.89. The van der Waals surface area contributed by atoms with E-state index in [1.54, 1.807) is 18.2 Å². The summed E-state index contributed by atoms with van der Waals surface area (Å²) < 4.78 is 27.3. The van der Waals surface area contributed by atoms with Gasteiger partial charge in [-0.2, -0.15) is 0 Å². The lowest BCUT2D eigenvalue weighted by Gasteiger charge is -2.08. The molecule has 1 heterocycles. The lowest BCUT2D eigenvalue weighted by molar-refractivity contribution is 0.581. The Kier molecular flexibility index (Phi) is 4.43. The van der Waals surface area contributed by atoms with E-state index in [0.717, 1.165) is 22.2 Å². The maximum Gasteiger partial charge on any atom is 0.242 e. The molecule has 0 amide bonds. The van der Waals surface area contributed by atoms with Gasteiger partial charge in [-0.15, -0.1) is 0 Å². The average molecular weight is 349 g/mol. The Morgan fingerprint density at radius 3 is 2.57 bits per heavy atom. The number of para-hydroxylation sites is 1. The first-order valence-corrected chi connectivity index (χ1v) is 9.15. The normalized spacial score (nSPS) is 11.9. The molecule has 0 aliphatic heterocycles. The van der Waals surface area contributed by atoms with Crippen molar-refractivity contribution in [3.05, 3.63) is 64.8 Å². The quantitative estimate of drug-likeness (QED) is 0.739. The number of aryl methyl sites for hydroxylation is 1. The second-order valence-corrected chi connectivity index (χ2v) is 7.49. The molecule has 0 bridgehead atoms. The van der Waals surface area contributed by atoms with Crippen LogP contribution >= 0.6 is 11.6 Å². The SMILES string of the molecule is Cc1[nH]c2ccccc2c1CCNS(=O)(=O)c1ccccc1Cl.